The van der Waals surface area contributed by atoms with E-state index in [2.05, 4.69) is 0 Å². The van der Waals surface area contributed by atoms with E-state index in [0.29, 0.717) is 28.5 Å². The lowest BCUT2D eigenvalue weighted by Gasteiger charge is -2.14. The number of hydrogen-bond acceptors (Lipinski definition) is 2. The van der Waals surface area contributed by atoms with Gasteiger partial charge in [0, 0.05) is 5.88 Å². The molecule has 1 aliphatic rings. The third-order valence-electron chi connectivity index (χ3n) is 4.18. The van der Waals surface area contributed by atoms with Crippen LogP contribution in [0.15, 0.2) is 24.3 Å². The van der Waals surface area contributed by atoms with Crippen LogP contribution < -0.4 is 9.47 Å². The number of alkyl halides is 4. The Morgan fingerprint density at radius 2 is 1.56 bits per heavy atom. The van der Waals surface area contributed by atoms with Crippen molar-refractivity contribution in [1.29, 1.82) is 0 Å². The summed E-state index contributed by atoms with van der Waals surface area (Å²) in [7, 11) is 2.88. The van der Waals surface area contributed by atoms with E-state index in [1.165, 1.54) is 26.4 Å². The second kappa shape index (κ2) is 8.65. The van der Waals surface area contributed by atoms with Gasteiger partial charge >= 0.3 is 6.18 Å². The van der Waals surface area contributed by atoms with E-state index < -0.39 is 11.7 Å². The van der Waals surface area contributed by atoms with Crippen molar-refractivity contribution in [2.45, 2.75) is 38.3 Å². The van der Waals surface area contributed by atoms with Gasteiger partial charge in [-0.3, -0.25) is 0 Å². The molecular formula is C19H22ClF3O2. The molecule has 0 N–H and O–H groups in total. The zero-order valence-corrected chi connectivity index (χ0v) is 15.1. The van der Waals surface area contributed by atoms with Gasteiger partial charge in [0.05, 0.1) is 19.8 Å². The van der Waals surface area contributed by atoms with Gasteiger partial charge in [0.1, 0.15) is 0 Å². The number of allylic oxidation sites excluding steroid dienone is 4. The summed E-state index contributed by atoms with van der Waals surface area (Å²) in [6.45, 7) is 0. The Kier molecular flexibility index (Phi) is 6.82. The number of rotatable bonds is 8. The van der Waals surface area contributed by atoms with E-state index in [9.17, 15) is 13.2 Å². The van der Waals surface area contributed by atoms with Gasteiger partial charge in [-0.15, -0.1) is 11.6 Å². The Morgan fingerprint density at radius 3 is 2.12 bits per heavy atom. The molecule has 138 valence electrons. The molecular weight excluding hydrogens is 353 g/mol. The molecule has 1 aromatic rings. The minimum absolute atomic E-state index is 0.138. The van der Waals surface area contributed by atoms with Gasteiger partial charge in [-0.05, 0) is 54.2 Å². The summed E-state index contributed by atoms with van der Waals surface area (Å²) < 4.78 is 50.5. The van der Waals surface area contributed by atoms with Crippen LogP contribution in [0.2, 0.25) is 0 Å². The molecule has 0 spiro atoms. The number of fused-ring (bicyclic) bond motifs is 1. The molecule has 0 aliphatic heterocycles. The van der Waals surface area contributed by atoms with Gasteiger partial charge in [0.25, 0.3) is 0 Å². The van der Waals surface area contributed by atoms with Gasteiger partial charge in [-0.25, -0.2) is 0 Å². The first-order valence-electron chi connectivity index (χ1n) is 8.24. The predicted molar refractivity (Wildman–Crippen MR) is 95.4 cm³/mol. The summed E-state index contributed by atoms with van der Waals surface area (Å²) in [6, 6.07) is 3.01. The monoisotopic (exact) mass is 374 g/mol. The van der Waals surface area contributed by atoms with Crippen molar-refractivity contribution >= 4 is 22.7 Å². The summed E-state index contributed by atoms with van der Waals surface area (Å²) in [5, 5.41) is 0. The van der Waals surface area contributed by atoms with Crippen LogP contribution in [0, 0.1) is 0 Å². The highest BCUT2D eigenvalue weighted by Gasteiger charge is 2.39. The molecule has 6 heteroatoms. The van der Waals surface area contributed by atoms with Gasteiger partial charge in [0.15, 0.2) is 11.5 Å². The molecule has 1 aliphatic carbocycles. The summed E-state index contributed by atoms with van der Waals surface area (Å²) in [4.78, 5) is 0. The summed E-state index contributed by atoms with van der Waals surface area (Å²) in [5.41, 5.74) is 0.613. The maximum absolute atomic E-state index is 13.4. The summed E-state index contributed by atoms with van der Waals surface area (Å²) >= 11 is 5.64. The van der Waals surface area contributed by atoms with E-state index in [-0.39, 0.29) is 5.56 Å². The topological polar surface area (TPSA) is 18.5 Å². The maximum atomic E-state index is 13.4. The van der Waals surface area contributed by atoms with Crippen molar-refractivity contribution in [2.75, 3.05) is 20.1 Å². The molecule has 0 saturated heterocycles. The van der Waals surface area contributed by atoms with Crippen LogP contribution in [-0.4, -0.2) is 26.3 Å². The van der Waals surface area contributed by atoms with Crippen molar-refractivity contribution < 1.29 is 22.6 Å². The SMILES string of the molecule is COc1cc2c(cc1OC)C(C(F)(F)F)=CC2=CCCCCCCCl. The maximum Gasteiger partial charge on any atom is 0.417 e. The largest absolute Gasteiger partial charge is 0.493 e. The highest BCUT2D eigenvalue weighted by atomic mass is 35.5. The summed E-state index contributed by atoms with van der Waals surface area (Å²) in [6.07, 6.45) is 3.35. The first kappa shape index (κ1) is 19.7. The number of benzene rings is 1. The third kappa shape index (κ3) is 4.72. The average molecular weight is 375 g/mol. The smallest absolute Gasteiger partial charge is 0.417 e. The van der Waals surface area contributed by atoms with Gasteiger partial charge in [0.2, 0.25) is 0 Å². The molecule has 0 heterocycles. The lowest BCUT2D eigenvalue weighted by Crippen LogP contribution is -2.09. The van der Waals surface area contributed by atoms with Crippen molar-refractivity contribution in [3.8, 4) is 11.5 Å². The first-order valence-corrected chi connectivity index (χ1v) is 8.77. The minimum atomic E-state index is -4.41. The van der Waals surface area contributed by atoms with Crippen LogP contribution in [0.4, 0.5) is 13.2 Å². The van der Waals surface area contributed by atoms with Crippen LogP contribution in [-0.2, 0) is 0 Å². The fraction of sp³-hybridized carbons (Fsp3) is 0.474. The first-order chi connectivity index (χ1) is 11.9. The van der Waals surface area contributed by atoms with Crippen molar-refractivity contribution in [2.24, 2.45) is 0 Å². The van der Waals surface area contributed by atoms with Crippen LogP contribution >= 0.6 is 11.6 Å². The number of halogens is 4. The Labute approximate surface area is 151 Å². The molecule has 0 fully saturated rings. The molecule has 0 unspecified atom stereocenters. The van der Waals surface area contributed by atoms with Crippen molar-refractivity contribution in [3.63, 3.8) is 0 Å². The average Bonchev–Trinajstić information content (AvgIpc) is 2.94. The normalized spacial score (nSPS) is 15.3. The fourth-order valence-corrected chi connectivity index (χ4v) is 3.09. The molecule has 1 aromatic carbocycles. The number of unbranched alkanes of at least 4 members (excludes halogenated alkanes) is 4. The molecule has 0 aromatic heterocycles. The van der Waals surface area contributed by atoms with Crippen LogP contribution in [0.3, 0.4) is 0 Å². The molecule has 2 nitrogen and oxygen atoms in total. The number of methoxy groups -OCH3 is 2. The second-order valence-electron chi connectivity index (χ2n) is 5.86. The lowest BCUT2D eigenvalue weighted by molar-refractivity contribution is -0.0687. The highest BCUT2D eigenvalue weighted by molar-refractivity contribution is 6.17. The van der Waals surface area contributed by atoms with Crippen LogP contribution in [0.1, 0.15) is 43.2 Å². The second-order valence-corrected chi connectivity index (χ2v) is 6.24. The third-order valence-corrected chi connectivity index (χ3v) is 4.45. The molecule has 0 radical (unpaired) electrons. The van der Waals surface area contributed by atoms with Gasteiger partial charge in [-0.2, -0.15) is 13.2 Å². The zero-order chi connectivity index (χ0) is 18.4. The number of hydrogen-bond donors (Lipinski definition) is 0. The van der Waals surface area contributed by atoms with E-state index in [1.54, 1.807) is 6.07 Å². The molecule has 0 atom stereocenters. The Balaban J connectivity index is 2.29. The standard InChI is InChI=1S/C19H22ClF3O2/c1-24-17-11-14-13(8-6-4-3-5-7-9-20)10-16(19(21,22)23)15(14)12-18(17)25-2/h8,10-12H,3-7,9H2,1-2H3. The van der Waals surface area contributed by atoms with Gasteiger partial charge in [-0.1, -0.05) is 18.9 Å². The quantitative estimate of drug-likeness (QED) is 0.396. The minimum Gasteiger partial charge on any atom is -0.493 e. The number of ether oxygens (including phenoxy) is 2. The molecule has 25 heavy (non-hydrogen) atoms. The lowest BCUT2D eigenvalue weighted by atomic mass is 10.0. The van der Waals surface area contributed by atoms with E-state index >= 15 is 0 Å². The Hall–Kier alpha value is -1.62. The van der Waals surface area contributed by atoms with Crippen LogP contribution in [0.25, 0.3) is 11.1 Å². The van der Waals surface area contributed by atoms with Crippen LogP contribution in [0.5, 0.6) is 11.5 Å². The van der Waals surface area contributed by atoms with Crippen molar-refractivity contribution in [3.05, 3.63) is 35.4 Å². The van der Waals surface area contributed by atoms with Gasteiger partial charge < -0.3 is 9.47 Å². The van der Waals surface area contributed by atoms with Crippen molar-refractivity contribution in [1.82, 2.24) is 0 Å². The van der Waals surface area contributed by atoms with E-state index in [4.69, 9.17) is 21.1 Å². The molecule has 0 amide bonds. The van der Waals surface area contributed by atoms with E-state index in [0.717, 1.165) is 32.1 Å². The highest BCUT2D eigenvalue weighted by Crippen LogP contribution is 2.47. The summed E-state index contributed by atoms with van der Waals surface area (Å²) in [5.74, 6) is 1.36. The fourth-order valence-electron chi connectivity index (χ4n) is 2.91. The van der Waals surface area contributed by atoms with E-state index in [1.807, 2.05) is 6.08 Å². The Morgan fingerprint density at radius 1 is 0.960 bits per heavy atom. The molecule has 0 bridgehead atoms. The Bertz CT molecular complexity index is 663. The molecule has 2 rings (SSSR count). The zero-order valence-electron chi connectivity index (χ0n) is 14.4. The predicted octanol–water partition coefficient (Wildman–Crippen LogP) is 6.24. The molecule has 0 saturated carbocycles.